The molecule has 6 nitrogen and oxygen atoms in total. The lowest BCUT2D eigenvalue weighted by Crippen LogP contribution is -2.33. The molecule has 7 heteroatoms. The molecule has 2 unspecified atom stereocenters. The van der Waals surface area contributed by atoms with Gasteiger partial charge in [-0.2, -0.15) is 0 Å². The van der Waals surface area contributed by atoms with Crippen molar-refractivity contribution in [2.24, 2.45) is 0 Å². The molecule has 2 aliphatic rings. The van der Waals surface area contributed by atoms with Gasteiger partial charge in [-0.05, 0) is 37.7 Å². The van der Waals surface area contributed by atoms with Crippen LogP contribution < -0.4 is 4.90 Å². The van der Waals surface area contributed by atoms with Crippen molar-refractivity contribution in [2.45, 2.75) is 56.0 Å². The summed E-state index contributed by atoms with van der Waals surface area (Å²) in [5.74, 6) is 1.52. The molecule has 1 N–H and O–H groups in total. The van der Waals surface area contributed by atoms with Crippen molar-refractivity contribution >= 4 is 17.7 Å². The molecule has 0 saturated carbocycles. The van der Waals surface area contributed by atoms with Crippen molar-refractivity contribution in [1.29, 1.82) is 0 Å². The zero-order chi connectivity index (χ0) is 18.5. The number of aliphatic hydroxyl groups is 1. The first kappa shape index (κ1) is 18.8. The maximum atomic E-state index is 10.5. The lowest BCUT2D eigenvalue weighted by atomic mass is 10.1. The lowest BCUT2D eigenvalue weighted by molar-refractivity contribution is 0.0951. The summed E-state index contributed by atoms with van der Waals surface area (Å²) in [7, 11) is 0. The number of thioether (sulfide) groups is 1. The Morgan fingerprint density at radius 3 is 2.67 bits per heavy atom. The maximum absolute atomic E-state index is 10.5. The molecule has 0 spiro atoms. The van der Waals surface area contributed by atoms with Crippen molar-refractivity contribution in [2.75, 3.05) is 30.3 Å². The van der Waals surface area contributed by atoms with E-state index in [4.69, 9.17) is 4.74 Å². The number of hydrogen-bond acceptors (Lipinski definition) is 6. The SMILES string of the molecule is OC(CSc1nnc(N2CCCCC2)n1CC1CCCO1)c1ccccc1. The van der Waals surface area contributed by atoms with Gasteiger partial charge < -0.3 is 14.7 Å². The zero-order valence-corrected chi connectivity index (χ0v) is 16.5. The Morgan fingerprint density at radius 1 is 1.11 bits per heavy atom. The highest BCUT2D eigenvalue weighted by atomic mass is 32.2. The summed E-state index contributed by atoms with van der Waals surface area (Å²) < 4.78 is 8.08. The van der Waals surface area contributed by atoms with Gasteiger partial charge in [-0.3, -0.25) is 4.57 Å². The van der Waals surface area contributed by atoms with Gasteiger partial charge in [0.25, 0.3) is 0 Å². The van der Waals surface area contributed by atoms with Crippen LogP contribution in [0.15, 0.2) is 35.5 Å². The molecule has 1 aromatic carbocycles. The number of piperidine rings is 1. The minimum Gasteiger partial charge on any atom is -0.388 e. The van der Waals surface area contributed by atoms with Crippen molar-refractivity contribution in [1.82, 2.24) is 14.8 Å². The molecular formula is C20H28N4O2S. The standard InChI is InChI=1S/C20H28N4O2S/c25-18(16-8-3-1-4-9-16)15-27-20-22-21-19(23-11-5-2-6-12-23)24(20)14-17-10-7-13-26-17/h1,3-4,8-9,17-18,25H,2,5-7,10-15H2. The molecule has 0 aliphatic carbocycles. The summed E-state index contributed by atoms with van der Waals surface area (Å²) >= 11 is 1.58. The number of aromatic nitrogens is 3. The first-order valence-electron chi connectivity index (χ1n) is 9.97. The molecule has 0 radical (unpaired) electrons. The Balaban J connectivity index is 1.49. The van der Waals surface area contributed by atoms with Crippen molar-refractivity contribution < 1.29 is 9.84 Å². The highest BCUT2D eigenvalue weighted by Crippen LogP contribution is 2.29. The van der Waals surface area contributed by atoms with Crippen LogP contribution in [-0.4, -0.2) is 51.4 Å². The molecule has 2 aliphatic heterocycles. The maximum Gasteiger partial charge on any atom is 0.228 e. The summed E-state index contributed by atoms with van der Waals surface area (Å²) in [6.45, 7) is 3.73. The minimum atomic E-state index is -0.512. The summed E-state index contributed by atoms with van der Waals surface area (Å²) in [5.41, 5.74) is 0.937. The molecule has 1 aromatic heterocycles. The van der Waals surface area contributed by atoms with E-state index in [0.717, 1.165) is 55.8 Å². The first-order valence-corrected chi connectivity index (χ1v) is 11.0. The monoisotopic (exact) mass is 388 g/mol. The van der Waals surface area contributed by atoms with Crippen LogP contribution in [0.4, 0.5) is 5.95 Å². The van der Waals surface area contributed by atoms with Gasteiger partial charge >= 0.3 is 0 Å². The number of anilines is 1. The van der Waals surface area contributed by atoms with Gasteiger partial charge in [-0.1, -0.05) is 42.1 Å². The predicted molar refractivity (Wildman–Crippen MR) is 107 cm³/mol. The van der Waals surface area contributed by atoms with E-state index in [1.807, 2.05) is 30.3 Å². The highest BCUT2D eigenvalue weighted by molar-refractivity contribution is 7.99. The molecule has 27 heavy (non-hydrogen) atoms. The average molecular weight is 389 g/mol. The summed E-state index contributed by atoms with van der Waals surface area (Å²) in [5, 5.41) is 20.4. The Bertz CT molecular complexity index is 712. The van der Waals surface area contributed by atoms with Crippen molar-refractivity contribution in [3.8, 4) is 0 Å². The minimum absolute atomic E-state index is 0.239. The van der Waals surface area contributed by atoms with Crippen LogP contribution in [-0.2, 0) is 11.3 Å². The van der Waals surface area contributed by atoms with Gasteiger partial charge in [0, 0.05) is 25.4 Å². The van der Waals surface area contributed by atoms with Crippen LogP contribution in [0.25, 0.3) is 0 Å². The topological polar surface area (TPSA) is 63.4 Å². The normalized spacial score (nSPS) is 21.5. The largest absolute Gasteiger partial charge is 0.388 e. The number of aliphatic hydroxyl groups excluding tert-OH is 1. The molecule has 0 amide bonds. The second-order valence-corrected chi connectivity index (χ2v) is 8.30. The first-order chi connectivity index (χ1) is 13.3. The Labute approximate surface area is 164 Å². The zero-order valence-electron chi connectivity index (χ0n) is 15.7. The fourth-order valence-electron chi connectivity index (χ4n) is 3.79. The number of hydrogen-bond donors (Lipinski definition) is 1. The second-order valence-electron chi connectivity index (χ2n) is 7.31. The van der Waals surface area contributed by atoms with E-state index in [1.54, 1.807) is 11.8 Å². The molecule has 0 bridgehead atoms. The number of benzene rings is 1. The second kappa shape index (κ2) is 9.08. The van der Waals surface area contributed by atoms with Crippen LogP contribution in [0.1, 0.15) is 43.8 Å². The van der Waals surface area contributed by atoms with Gasteiger partial charge in [0.05, 0.1) is 18.8 Å². The Hall–Kier alpha value is -1.57. The van der Waals surface area contributed by atoms with Gasteiger partial charge in [0.2, 0.25) is 5.95 Å². The van der Waals surface area contributed by atoms with E-state index >= 15 is 0 Å². The molecule has 4 rings (SSSR count). The molecule has 2 aromatic rings. The predicted octanol–water partition coefficient (Wildman–Crippen LogP) is 3.27. The third-order valence-corrected chi connectivity index (χ3v) is 6.34. The van der Waals surface area contributed by atoms with E-state index in [0.29, 0.717) is 5.75 Å². The third-order valence-electron chi connectivity index (χ3n) is 5.30. The third kappa shape index (κ3) is 4.65. The average Bonchev–Trinajstić information content (AvgIpc) is 3.38. The fourth-order valence-corrected chi connectivity index (χ4v) is 4.70. The highest BCUT2D eigenvalue weighted by Gasteiger charge is 2.25. The van der Waals surface area contributed by atoms with Gasteiger partial charge in [-0.15, -0.1) is 10.2 Å². The van der Waals surface area contributed by atoms with Crippen LogP contribution >= 0.6 is 11.8 Å². The van der Waals surface area contributed by atoms with Crippen LogP contribution in [0.2, 0.25) is 0 Å². The van der Waals surface area contributed by atoms with Crippen LogP contribution in [0.5, 0.6) is 0 Å². The van der Waals surface area contributed by atoms with E-state index < -0.39 is 6.10 Å². The lowest BCUT2D eigenvalue weighted by Gasteiger charge is -2.28. The quantitative estimate of drug-likeness (QED) is 0.735. The Morgan fingerprint density at radius 2 is 1.93 bits per heavy atom. The molecule has 146 valence electrons. The molecule has 2 fully saturated rings. The summed E-state index contributed by atoms with van der Waals surface area (Å²) in [6, 6.07) is 9.80. The van der Waals surface area contributed by atoms with E-state index in [1.165, 1.54) is 19.3 Å². The molecule has 2 saturated heterocycles. The van der Waals surface area contributed by atoms with Crippen LogP contribution in [0, 0.1) is 0 Å². The van der Waals surface area contributed by atoms with Crippen molar-refractivity contribution in [3.05, 3.63) is 35.9 Å². The summed E-state index contributed by atoms with van der Waals surface area (Å²) in [4.78, 5) is 2.35. The molecule has 3 heterocycles. The van der Waals surface area contributed by atoms with Gasteiger partial charge in [-0.25, -0.2) is 0 Å². The Kier molecular flexibility index (Phi) is 6.32. The number of ether oxygens (including phenoxy) is 1. The molecule has 2 atom stereocenters. The van der Waals surface area contributed by atoms with E-state index in [9.17, 15) is 5.11 Å². The van der Waals surface area contributed by atoms with Gasteiger partial charge in [0.1, 0.15) is 0 Å². The van der Waals surface area contributed by atoms with E-state index in [-0.39, 0.29) is 6.10 Å². The van der Waals surface area contributed by atoms with Crippen molar-refractivity contribution in [3.63, 3.8) is 0 Å². The van der Waals surface area contributed by atoms with E-state index in [2.05, 4.69) is 19.7 Å². The van der Waals surface area contributed by atoms with Crippen LogP contribution in [0.3, 0.4) is 0 Å². The van der Waals surface area contributed by atoms with Gasteiger partial charge in [0.15, 0.2) is 5.16 Å². The fraction of sp³-hybridized carbons (Fsp3) is 0.600. The molecular weight excluding hydrogens is 360 g/mol. The number of nitrogens with zero attached hydrogens (tertiary/aromatic N) is 4. The number of rotatable bonds is 7. The smallest absolute Gasteiger partial charge is 0.228 e. The summed E-state index contributed by atoms with van der Waals surface area (Å²) in [6.07, 6.45) is 5.66.